The van der Waals surface area contributed by atoms with Crippen molar-refractivity contribution in [3.63, 3.8) is 0 Å². The van der Waals surface area contributed by atoms with Crippen LogP contribution in [0, 0.1) is 0 Å². The van der Waals surface area contributed by atoms with Gasteiger partial charge in [-0.2, -0.15) is 0 Å². The van der Waals surface area contributed by atoms with Crippen LogP contribution in [0.15, 0.2) is 30.6 Å². The van der Waals surface area contributed by atoms with Gasteiger partial charge in [0, 0.05) is 26.2 Å². The number of aromatic nitrogens is 2. The van der Waals surface area contributed by atoms with E-state index in [4.69, 9.17) is 9.47 Å². The maximum atomic E-state index is 9.53. The van der Waals surface area contributed by atoms with Crippen LogP contribution >= 0.6 is 0 Å². The minimum atomic E-state index is 0.155. The number of ether oxygens (including phenoxy) is 2. The van der Waals surface area contributed by atoms with Crippen LogP contribution in [0.2, 0.25) is 0 Å². The summed E-state index contributed by atoms with van der Waals surface area (Å²) in [5.41, 5.74) is 1.13. The monoisotopic (exact) mass is 342 g/mol. The van der Waals surface area contributed by atoms with Crippen LogP contribution in [0.4, 0.5) is 11.6 Å². The topological polar surface area (TPSA) is 71.0 Å². The fraction of sp³-hybridized carbons (Fsp3) is 0.444. The molecule has 3 heterocycles. The molecule has 1 saturated heterocycles. The van der Waals surface area contributed by atoms with Gasteiger partial charge in [0.25, 0.3) is 0 Å². The van der Waals surface area contributed by atoms with Crippen LogP contribution in [-0.2, 0) is 6.54 Å². The molecule has 1 N–H and O–H groups in total. The van der Waals surface area contributed by atoms with Gasteiger partial charge in [-0.25, -0.2) is 9.97 Å². The van der Waals surface area contributed by atoms with Crippen molar-refractivity contribution >= 4 is 11.6 Å². The molecule has 1 aromatic heterocycles. The zero-order valence-electron chi connectivity index (χ0n) is 14.3. The summed E-state index contributed by atoms with van der Waals surface area (Å²) in [5.74, 6) is 3.31. The molecule has 0 aliphatic carbocycles. The molecule has 1 fully saturated rings. The van der Waals surface area contributed by atoms with Crippen molar-refractivity contribution in [1.82, 2.24) is 9.97 Å². The Bertz CT molecular complexity index is 755. The van der Waals surface area contributed by atoms with Gasteiger partial charge in [-0.1, -0.05) is 6.07 Å². The lowest BCUT2D eigenvalue weighted by atomic mass is 10.2. The molecule has 2 aliphatic rings. The van der Waals surface area contributed by atoms with E-state index in [0.29, 0.717) is 6.54 Å². The van der Waals surface area contributed by atoms with Crippen LogP contribution < -0.4 is 19.3 Å². The minimum Gasteiger partial charge on any atom is -0.454 e. The molecule has 1 atom stereocenters. The lowest BCUT2D eigenvalue weighted by Gasteiger charge is -2.25. The molecule has 0 bridgehead atoms. The first-order chi connectivity index (χ1) is 12.2. The molecule has 1 aromatic carbocycles. The van der Waals surface area contributed by atoms with Gasteiger partial charge in [-0.3, -0.25) is 0 Å². The number of rotatable bonds is 5. The van der Waals surface area contributed by atoms with E-state index in [1.54, 1.807) is 6.33 Å². The molecule has 7 heteroatoms. The van der Waals surface area contributed by atoms with Crippen LogP contribution in [0.5, 0.6) is 11.5 Å². The van der Waals surface area contributed by atoms with Crippen molar-refractivity contribution in [1.29, 1.82) is 0 Å². The molecule has 132 valence electrons. The molecule has 2 aromatic rings. The summed E-state index contributed by atoms with van der Waals surface area (Å²) in [7, 11) is 2.00. The summed E-state index contributed by atoms with van der Waals surface area (Å²) in [4.78, 5) is 13.0. The average molecular weight is 342 g/mol. The zero-order chi connectivity index (χ0) is 17.2. The predicted octanol–water partition coefficient (Wildman–Crippen LogP) is 1.80. The lowest BCUT2D eigenvalue weighted by Crippen LogP contribution is -2.33. The summed E-state index contributed by atoms with van der Waals surface area (Å²) >= 11 is 0. The van der Waals surface area contributed by atoms with E-state index in [0.717, 1.165) is 48.1 Å². The molecule has 0 unspecified atom stereocenters. The molecular weight excluding hydrogens is 320 g/mol. The van der Waals surface area contributed by atoms with Crippen molar-refractivity contribution in [3.05, 3.63) is 36.2 Å². The second-order valence-corrected chi connectivity index (χ2v) is 6.45. The first kappa shape index (κ1) is 16.0. The first-order valence-electron chi connectivity index (χ1n) is 8.54. The molecular formula is C18H22N4O3. The zero-order valence-corrected chi connectivity index (χ0v) is 14.3. The number of benzene rings is 1. The molecule has 0 amide bonds. The highest BCUT2D eigenvalue weighted by atomic mass is 16.7. The second kappa shape index (κ2) is 6.76. The Balaban J connectivity index is 1.50. The summed E-state index contributed by atoms with van der Waals surface area (Å²) in [6.07, 6.45) is 3.67. The summed E-state index contributed by atoms with van der Waals surface area (Å²) in [5, 5.41) is 9.53. The van der Waals surface area contributed by atoms with Crippen molar-refractivity contribution in [2.75, 3.05) is 36.8 Å². The van der Waals surface area contributed by atoms with Gasteiger partial charge in [-0.15, -0.1) is 0 Å². The van der Waals surface area contributed by atoms with Crippen LogP contribution in [0.1, 0.15) is 18.4 Å². The number of aliphatic hydroxyl groups is 1. The Morgan fingerprint density at radius 3 is 3.00 bits per heavy atom. The van der Waals surface area contributed by atoms with Gasteiger partial charge >= 0.3 is 0 Å². The Kier molecular flexibility index (Phi) is 4.31. The fourth-order valence-electron chi connectivity index (χ4n) is 3.42. The van der Waals surface area contributed by atoms with Crippen molar-refractivity contribution in [2.45, 2.75) is 25.4 Å². The van der Waals surface area contributed by atoms with Crippen molar-refractivity contribution < 1.29 is 14.6 Å². The van der Waals surface area contributed by atoms with Gasteiger partial charge in [0.1, 0.15) is 18.0 Å². The molecule has 7 nitrogen and oxygen atoms in total. The van der Waals surface area contributed by atoms with E-state index >= 15 is 0 Å². The molecule has 0 radical (unpaired) electrons. The highest BCUT2D eigenvalue weighted by Crippen LogP contribution is 2.33. The third-order valence-electron chi connectivity index (χ3n) is 4.77. The van der Waals surface area contributed by atoms with Crippen molar-refractivity contribution in [2.24, 2.45) is 0 Å². The Hall–Kier alpha value is -2.54. The van der Waals surface area contributed by atoms with Crippen LogP contribution in [-0.4, -0.2) is 48.1 Å². The SMILES string of the molecule is CN(Cc1ccc2c(c1)OCO2)c1cc(N2CCC[C@@H]2CO)ncn1. The van der Waals surface area contributed by atoms with Crippen molar-refractivity contribution in [3.8, 4) is 11.5 Å². The number of hydrogen-bond donors (Lipinski definition) is 1. The molecule has 2 aliphatic heterocycles. The lowest BCUT2D eigenvalue weighted by molar-refractivity contribution is 0.174. The third kappa shape index (κ3) is 3.19. The fourth-order valence-corrected chi connectivity index (χ4v) is 3.42. The molecule has 0 spiro atoms. The van der Waals surface area contributed by atoms with Gasteiger partial charge < -0.3 is 24.4 Å². The van der Waals surface area contributed by atoms with Gasteiger partial charge in [-0.05, 0) is 30.5 Å². The van der Waals surface area contributed by atoms with E-state index in [9.17, 15) is 5.11 Å². The summed E-state index contributed by atoms with van der Waals surface area (Å²) in [6, 6.07) is 8.12. The number of anilines is 2. The minimum absolute atomic E-state index is 0.155. The van der Waals surface area contributed by atoms with E-state index in [1.165, 1.54) is 0 Å². The van der Waals surface area contributed by atoms with Crippen LogP contribution in [0.3, 0.4) is 0 Å². The van der Waals surface area contributed by atoms with E-state index in [2.05, 4.69) is 19.8 Å². The summed E-state index contributed by atoms with van der Waals surface area (Å²) in [6.45, 7) is 2.07. The maximum Gasteiger partial charge on any atom is 0.231 e. The second-order valence-electron chi connectivity index (χ2n) is 6.45. The highest BCUT2D eigenvalue weighted by molar-refractivity contribution is 5.52. The average Bonchev–Trinajstić information content (AvgIpc) is 3.30. The van der Waals surface area contributed by atoms with E-state index < -0.39 is 0 Å². The third-order valence-corrected chi connectivity index (χ3v) is 4.77. The highest BCUT2D eigenvalue weighted by Gasteiger charge is 2.25. The van der Waals surface area contributed by atoms with E-state index in [1.807, 2.05) is 31.3 Å². The quantitative estimate of drug-likeness (QED) is 0.888. The largest absolute Gasteiger partial charge is 0.454 e. The normalized spacial score (nSPS) is 18.6. The Labute approximate surface area is 146 Å². The standard InChI is InChI=1S/C18H22N4O3/c1-21(9-13-4-5-15-16(7-13)25-12-24-15)17-8-18(20-11-19-17)22-6-2-3-14(22)10-23/h4-5,7-8,11,14,23H,2-3,6,9-10,12H2,1H3/t14-/m1/s1. The number of hydrogen-bond acceptors (Lipinski definition) is 7. The number of fused-ring (bicyclic) bond motifs is 1. The molecule has 0 saturated carbocycles. The summed E-state index contributed by atoms with van der Waals surface area (Å²) < 4.78 is 10.8. The van der Waals surface area contributed by atoms with Gasteiger partial charge in [0.15, 0.2) is 11.5 Å². The number of aliphatic hydroxyl groups excluding tert-OH is 1. The van der Waals surface area contributed by atoms with Gasteiger partial charge in [0.2, 0.25) is 6.79 Å². The van der Waals surface area contributed by atoms with Gasteiger partial charge in [0.05, 0.1) is 12.6 Å². The number of nitrogens with zero attached hydrogens (tertiary/aromatic N) is 4. The predicted molar refractivity (Wildman–Crippen MR) is 94.2 cm³/mol. The smallest absolute Gasteiger partial charge is 0.231 e. The van der Waals surface area contributed by atoms with Crippen LogP contribution in [0.25, 0.3) is 0 Å². The Morgan fingerprint density at radius 2 is 2.12 bits per heavy atom. The molecule has 4 rings (SSSR count). The molecule has 25 heavy (non-hydrogen) atoms. The Morgan fingerprint density at radius 1 is 1.24 bits per heavy atom. The van der Waals surface area contributed by atoms with E-state index in [-0.39, 0.29) is 19.4 Å². The maximum absolute atomic E-state index is 9.53. The first-order valence-corrected chi connectivity index (χ1v) is 8.54.